The van der Waals surface area contributed by atoms with Gasteiger partial charge in [0.05, 0.1) is 11.8 Å². The van der Waals surface area contributed by atoms with Crippen molar-refractivity contribution >= 4 is 21.6 Å². The van der Waals surface area contributed by atoms with Gasteiger partial charge in [-0.05, 0) is 30.3 Å². The van der Waals surface area contributed by atoms with E-state index in [1.807, 2.05) is 0 Å². The molecular weight excluding hydrogens is 309 g/mol. The predicted molar refractivity (Wildman–Crippen MR) is 65.7 cm³/mol. The van der Waals surface area contributed by atoms with Crippen LogP contribution in [0.5, 0.6) is 0 Å². The molecule has 1 aromatic carbocycles. The van der Waals surface area contributed by atoms with Gasteiger partial charge in [0.15, 0.2) is 0 Å². The second kappa shape index (κ2) is 5.34. The van der Waals surface area contributed by atoms with Gasteiger partial charge in [-0.3, -0.25) is 0 Å². The molecule has 0 aliphatic heterocycles. The Morgan fingerprint density at radius 1 is 1.14 bits per heavy atom. The van der Waals surface area contributed by atoms with Crippen LogP contribution in [-0.4, -0.2) is 13.0 Å². The van der Waals surface area contributed by atoms with E-state index in [1.54, 1.807) is 0 Å². The van der Waals surface area contributed by atoms with Gasteiger partial charge >= 0.3 is 6.18 Å². The fourth-order valence-electron chi connectivity index (χ4n) is 1.65. The molecule has 2 aromatic rings. The zero-order valence-corrected chi connectivity index (χ0v) is 11.1. The average molecular weight is 318 g/mol. The molecule has 0 saturated carbocycles. The number of benzene rings is 1. The maximum absolute atomic E-state index is 12.6. The standard InChI is InChI=1S/C12H9F3N2O3S/c13-12(14,15)8-3-1-4-9(7-8)17-11-10(21(18,19)20)5-2-6-16-11/h1-7H,(H,16,17)(H,18,19,20). The van der Waals surface area contributed by atoms with E-state index in [0.717, 1.165) is 18.2 Å². The molecule has 0 aliphatic rings. The lowest BCUT2D eigenvalue weighted by molar-refractivity contribution is -0.363. The first-order valence-corrected chi connectivity index (χ1v) is 6.99. The molecule has 2 rings (SSSR count). The van der Waals surface area contributed by atoms with Crippen LogP contribution >= 0.6 is 0 Å². The van der Waals surface area contributed by atoms with Crippen molar-refractivity contribution < 1.29 is 31.1 Å². The van der Waals surface area contributed by atoms with E-state index in [-0.39, 0.29) is 11.5 Å². The highest BCUT2D eigenvalue weighted by Gasteiger charge is 2.31. The van der Waals surface area contributed by atoms with Crippen LogP contribution in [0.2, 0.25) is 0 Å². The lowest BCUT2D eigenvalue weighted by Crippen LogP contribution is -2.15. The molecule has 0 unspecified atom stereocenters. The summed E-state index contributed by atoms with van der Waals surface area (Å²) in [5.41, 5.74) is -0.896. The van der Waals surface area contributed by atoms with Gasteiger partial charge in [-0.15, -0.1) is 0 Å². The number of hydrogen-bond donors (Lipinski definition) is 1. The second-order valence-electron chi connectivity index (χ2n) is 4.07. The second-order valence-corrected chi connectivity index (χ2v) is 5.42. The molecule has 1 heterocycles. The number of anilines is 2. The largest absolute Gasteiger partial charge is 0.744 e. The number of aromatic nitrogens is 1. The average Bonchev–Trinajstić information content (AvgIpc) is 2.37. The quantitative estimate of drug-likeness (QED) is 0.879. The number of halogens is 3. The third-order valence-electron chi connectivity index (χ3n) is 2.55. The Hall–Kier alpha value is -2.13. The summed E-state index contributed by atoms with van der Waals surface area (Å²) in [6.07, 6.45) is -3.18. The van der Waals surface area contributed by atoms with Crippen LogP contribution in [0.4, 0.5) is 24.7 Å². The topological polar surface area (TPSA) is 83.4 Å². The van der Waals surface area contributed by atoms with Crippen LogP contribution in [0.25, 0.3) is 0 Å². The highest BCUT2D eigenvalue weighted by Crippen LogP contribution is 2.31. The minimum Gasteiger partial charge on any atom is -0.744 e. The van der Waals surface area contributed by atoms with Gasteiger partial charge in [0.25, 0.3) is 5.82 Å². The van der Waals surface area contributed by atoms with Crippen molar-refractivity contribution in [1.82, 2.24) is 0 Å². The normalized spacial score (nSPS) is 12.2. The lowest BCUT2D eigenvalue weighted by atomic mass is 10.2. The Morgan fingerprint density at radius 2 is 1.86 bits per heavy atom. The SMILES string of the molecule is O=S(=O)([O-])c1ccc[nH+]c1Nc1cccc(C(F)(F)F)c1. The third kappa shape index (κ3) is 3.70. The Bertz CT molecular complexity index is 760. The summed E-state index contributed by atoms with van der Waals surface area (Å²) in [4.78, 5) is 1.90. The van der Waals surface area contributed by atoms with E-state index in [0.29, 0.717) is 0 Å². The highest BCUT2D eigenvalue weighted by atomic mass is 32.2. The molecule has 2 N–H and O–H groups in total. The van der Waals surface area contributed by atoms with E-state index in [2.05, 4.69) is 10.3 Å². The van der Waals surface area contributed by atoms with E-state index in [9.17, 15) is 26.1 Å². The fraction of sp³-hybridized carbons (Fsp3) is 0.0833. The maximum atomic E-state index is 12.6. The van der Waals surface area contributed by atoms with Gasteiger partial charge in [-0.25, -0.2) is 18.7 Å². The van der Waals surface area contributed by atoms with Gasteiger partial charge in [0.1, 0.15) is 20.7 Å². The van der Waals surface area contributed by atoms with Crippen LogP contribution in [0, 0.1) is 0 Å². The molecule has 5 nitrogen and oxygen atoms in total. The number of rotatable bonds is 3. The molecule has 0 radical (unpaired) electrons. The minimum absolute atomic E-state index is 0.00262. The number of nitrogens with one attached hydrogen (secondary N) is 2. The zero-order chi connectivity index (χ0) is 15.7. The molecule has 0 amide bonds. The van der Waals surface area contributed by atoms with Crippen molar-refractivity contribution in [3.05, 3.63) is 48.2 Å². The van der Waals surface area contributed by atoms with Crippen molar-refractivity contribution in [2.24, 2.45) is 0 Å². The summed E-state index contributed by atoms with van der Waals surface area (Å²) in [6.45, 7) is 0. The van der Waals surface area contributed by atoms with Crippen LogP contribution in [0.3, 0.4) is 0 Å². The van der Waals surface area contributed by atoms with Gasteiger partial charge in [0.2, 0.25) is 0 Å². The lowest BCUT2D eigenvalue weighted by Gasteiger charge is -2.10. The Morgan fingerprint density at radius 3 is 2.48 bits per heavy atom. The first-order valence-electron chi connectivity index (χ1n) is 5.59. The molecular formula is C12H9F3N2O3S. The highest BCUT2D eigenvalue weighted by molar-refractivity contribution is 7.85. The van der Waals surface area contributed by atoms with E-state index in [4.69, 9.17) is 0 Å². The molecule has 0 fully saturated rings. The molecule has 0 aliphatic carbocycles. The van der Waals surface area contributed by atoms with E-state index >= 15 is 0 Å². The maximum Gasteiger partial charge on any atom is 0.416 e. The Labute approximate surface area is 118 Å². The summed E-state index contributed by atoms with van der Waals surface area (Å²) in [5.74, 6) is -0.202. The number of hydrogen-bond acceptors (Lipinski definition) is 4. The predicted octanol–water partition coefficient (Wildman–Crippen LogP) is 2.17. The third-order valence-corrected chi connectivity index (χ3v) is 3.43. The molecule has 0 saturated heterocycles. The van der Waals surface area contributed by atoms with Crippen LogP contribution in [0.1, 0.15) is 5.56 Å². The van der Waals surface area contributed by atoms with Crippen LogP contribution < -0.4 is 10.3 Å². The van der Waals surface area contributed by atoms with Gasteiger partial charge in [-0.1, -0.05) is 6.07 Å². The smallest absolute Gasteiger partial charge is 0.416 e. The molecule has 21 heavy (non-hydrogen) atoms. The molecule has 112 valence electrons. The van der Waals surface area contributed by atoms with Crippen LogP contribution in [-0.2, 0) is 16.3 Å². The van der Waals surface area contributed by atoms with E-state index < -0.39 is 26.8 Å². The van der Waals surface area contributed by atoms with Crippen molar-refractivity contribution in [2.75, 3.05) is 5.32 Å². The number of pyridine rings is 1. The Kier molecular flexibility index (Phi) is 3.88. The van der Waals surface area contributed by atoms with Gasteiger partial charge in [0, 0.05) is 0 Å². The first kappa shape index (κ1) is 15.3. The van der Waals surface area contributed by atoms with Crippen molar-refractivity contribution in [3.8, 4) is 0 Å². The van der Waals surface area contributed by atoms with Gasteiger partial charge < -0.3 is 4.55 Å². The molecule has 0 spiro atoms. The van der Waals surface area contributed by atoms with Crippen molar-refractivity contribution in [3.63, 3.8) is 0 Å². The molecule has 0 bridgehead atoms. The summed E-state index contributed by atoms with van der Waals surface area (Å²) in [5, 5.41) is 2.46. The number of alkyl halides is 3. The van der Waals surface area contributed by atoms with Gasteiger partial charge in [-0.2, -0.15) is 13.2 Å². The summed E-state index contributed by atoms with van der Waals surface area (Å²) >= 11 is 0. The number of H-pyrrole nitrogens is 1. The van der Waals surface area contributed by atoms with Crippen molar-refractivity contribution in [2.45, 2.75) is 11.1 Å². The Balaban J connectivity index is 2.40. The molecule has 9 heteroatoms. The van der Waals surface area contributed by atoms with E-state index in [1.165, 1.54) is 24.4 Å². The summed E-state index contributed by atoms with van der Waals surface area (Å²) in [6, 6.07) is 6.51. The first-order chi connectivity index (χ1) is 9.68. The minimum atomic E-state index is -4.76. The number of aromatic amines is 1. The molecule has 1 aromatic heterocycles. The monoisotopic (exact) mass is 318 g/mol. The summed E-state index contributed by atoms with van der Waals surface area (Å²) < 4.78 is 71.0. The zero-order valence-electron chi connectivity index (χ0n) is 10.3. The molecule has 0 atom stereocenters. The van der Waals surface area contributed by atoms with Crippen molar-refractivity contribution in [1.29, 1.82) is 0 Å². The summed E-state index contributed by atoms with van der Waals surface area (Å²) in [7, 11) is -4.76. The fourth-order valence-corrected chi connectivity index (χ4v) is 2.25. The van der Waals surface area contributed by atoms with Crippen LogP contribution in [0.15, 0.2) is 47.5 Å².